The molecule has 0 unspecified atom stereocenters. The molecule has 90 valence electrons. The first-order chi connectivity index (χ1) is 6.89. The van der Waals surface area contributed by atoms with Gasteiger partial charge in [0.2, 0.25) is 0 Å². The summed E-state index contributed by atoms with van der Waals surface area (Å²) in [5, 5.41) is 8.48. The van der Waals surface area contributed by atoms with Crippen molar-refractivity contribution in [1.29, 1.82) is 0 Å². The van der Waals surface area contributed by atoms with Crippen LogP contribution >= 0.6 is 0 Å². The number of ether oxygens (including phenoxy) is 1. The molecule has 0 saturated carbocycles. The second-order valence-corrected chi connectivity index (χ2v) is 2.98. The number of rotatable bonds is 6. The number of aliphatic hydroxyl groups is 1. The molecule has 0 aromatic rings. The molecular formula is C8H14F3NO3. The first-order valence-corrected chi connectivity index (χ1v) is 4.36. The highest BCUT2D eigenvalue weighted by molar-refractivity contribution is 5.71. The van der Waals surface area contributed by atoms with Crippen LogP contribution in [0.3, 0.4) is 0 Å². The van der Waals surface area contributed by atoms with Crippen LogP contribution in [0.2, 0.25) is 0 Å². The van der Waals surface area contributed by atoms with E-state index >= 15 is 0 Å². The second kappa shape index (κ2) is 6.62. The average Bonchev–Trinajstić information content (AvgIpc) is 2.11. The molecule has 0 heterocycles. The van der Waals surface area contributed by atoms with Crippen LogP contribution in [0.15, 0.2) is 0 Å². The Labute approximate surface area is 85.6 Å². The van der Waals surface area contributed by atoms with Crippen LogP contribution in [0, 0.1) is 0 Å². The number of methoxy groups -OCH3 is 1. The first kappa shape index (κ1) is 14.2. The van der Waals surface area contributed by atoms with E-state index in [9.17, 15) is 18.0 Å². The van der Waals surface area contributed by atoms with Crippen molar-refractivity contribution < 1.29 is 27.8 Å². The van der Waals surface area contributed by atoms with Crippen molar-refractivity contribution in [2.24, 2.45) is 0 Å². The SMILES string of the molecule is COC(=O)CN(CCCO)CC(F)(F)F. The summed E-state index contributed by atoms with van der Waals surface area (Å²) in [6.45, 7) is -1.81. The largest absolute Gasteiger partial charge is 0.468 e. The molecule has 4 nitrogen and oxygen atoms in total. The van der Waals surface area contributed by atoms with Crippen LogP contribution in [0.4, 0.5) is 13.2 Å². The van der Waals surface area contributed by atoms with Gasteiger partial charge in [-0.3, -0.25) is 9.69 Å². The van der Waals surface area contributed by atoms with E-state index in [4.69, 9.17) is 5.11 Å². The summed E-state index contributed by atoms with van der Waals surface area (Å²) < 4.78 is 40.4. The van der Waals surface area contributed by atoms with Crippen LogP contribution in [0.5, 0.6) is 0 Å². The molecule has 1 N–H and O–H groups in total. The van der Waals surface area contributed by atoms with Crippen molar-refractivity contribution in [1.82, 2.24) is 4.90 Å². The lowest BCUT2D eigenvalue weighted by Gasteiger charge is -2.21. The number of hydrogen-bond acceptors (Lipinski definition) is 4. The standard InChI is InChI=1S/C8H14F3NO3/c1-15-7(14)5-12(3-2-4-13)6-8(9,10)11/h13H,2-6H2,1H3. The summed E-state index contributed by atoms with van der Waals surface area (Å²) >= 11 is 0. The molecule has 0 aliphatic heterocycles. The molecule has 0 aromatic carbocycles. The zero-order valence-electron chi connectivity index (χ0n) is 8.38. The first-order valence-electron chi connectivity index (χ1n) is 4.36. The Kier molecular flexibility index (Phi) is 6.26. The van der Waals surface area contributed by atoms with E-state index in [1.165, 1.54) is 0 Å². The Hall–Kier alpha value is -0.820. The van der Waals surface area contributed by atoms with Crippen LogP contribution in [-0.4, -0.2) is 55.5 Å². The van der Waals surface area contributed by atoms with Crippen LogP contribution in [-0.2, 0) is 9.53 Å². The molecule has 0 aliphatic carbocycles. The van der Waals surface area contributed by atoms with Gasteiger partial charge in [-0.05, 0) is 6.42 Å². The molecule has 7 heteroatoms. The molecule has 0 spiro atoms. The maximum absolute atomic E-state index is 12.0. The van der Waals surface area contributed by atoms with Crippen molar-refractivity contribution in [2.75, 3.05) is 33.4 Å². The van der Waals surface area contributed by atoms with Crippen molar-refractivity contribution in [2.45, 2.75) is 12.6 Å². The minimum absolute atomic E-state index is 0.00507. The monoisotopic (exact) mass is 229 g/mol. The summed E-state index contributed by atoms with van der Waals surface area (Å²) in [6.07, 6.45) is -4.17. The third kappa shape index (κ3) is 8.19. The van der Waals surface area contributed by atoms with Gasteiger partial charge in [-0.1, -0.05) is 0 Å². The highest BCUT2D eigenvalue weighted by atomic mass is 19.4. The van der Waals surface area contributed by atoms with E-state index in [2.05, 4.69) is 4.74 Å². The molecule has 0 amide bonds. The second-order valence-electron chi connectivity index (χ2n) is 2.98. The van der Waals surface area contributed by atoms with Gasteiger partial charge in [0.25, 0.3) is 0 Å². The molecule has 0 aromatic heterocycles. The number of alkyl halides is 3. The lowest BCUT2D eigenvalue weighted by Crippen LogP contribution is -2.39. The highest BCUT2D eigenvalue weighted by Crippen LogP contribution is 2.16. The molecule has 0 saturated heterocycles. The number of carbonyl (C=O) groups is 1. The van der Waals surface area contributed by atoms with Gasteiger partial charge in [0.15, 0.2) is 0 Å². The molecule has 0 bridgehead atoms. The molecule has 0 radical (unpaired) electrons. The van der Waals surface area contributed by atoms with E-state index in [1.807, 2.05) is 0 Å². The average molecular weight is 229 g/mol. The van der Waals surface area contributed by atoms with Crippen LogP contribution < -0.4 is 0 Å². The third-order valence-corrected chi connectivity index (χ3v) is 1.62. The fourth-order valence-corrected chi connectivity index (χ4v) is 1.01. The predicted octanol–water partition coefficient (Wildman–Crippen LogP) is 0.406. The maximum Gasteiger partial charge on any atom is 0.401 e. The maximum atomic E-state index is 12.0. The van der Waals surface area contributed by atoms with Crippen molar-refractivity contribution in [3.05, 3.63) is 0 Å². The predicted molar refractivity (Wildman–Crippen MR) is 46.2 cm³/mol. The lowest BCUT2D eigenvalue weighted by atomic mass is 10.3. The normalized spacial score (nSPS) is 11.9. The third-order valence-electron chi connectivity index (χ3n) is 1.62. The molecule has 15 heavy (non-hydrogen) atoms. The molecule has 0 atom stereocenters. The summed E-state index contributed by atoms with van der Waals surface area (Å²) in [5.74, 6) is -0.725. The van der Waals surface area contributed by atoms with Crippen LogP contribution in [0.25, 0.3) is 0 Å². The zero-order chi connectivity index (χ0) is 11.9. The minimum Gasteiger partial charge on any atom is -0.468 e. The van der Waals surface area contributed by atoms with E-state index in [1.54, 1.807) is 0 Å². The van der Waals surface area contributed by atoms with Crippen molar-refractivity contribution in [3.63, 3.8) is 0 Å². The number of aliphatic hydroxyl groups excluding tert-OH is 1. The molecule has 0 aliphatic rings. The van der Waals surface area contributed by atoms with Gasteiger partial charge in [-0.2, -0.15) is 13.2 Å². The number of halogens is 3. The fraction of sp³-hybridized carbons (Fsp3) is 0.875. The molecule has 0 fully saturated rings. The number of hydrogen-bond donors (Lipinski definition) is 1. The van der Waals surface area contributed by atoms with Gasteiger partial charge >= 0.3 is 12.1 Å². The van der Waals surface area contributed by atoms with Gasteiger partial charge in [0, 0.05) is 13.2 Å². The van der Waals surface area contributed by atoms with E-state index in [-0.39, 0.29) is 19.6 Å². The summed E-state index contributed by atoms with van der Waals surface area (Å²) in [6, 6.07) is 0. The summed E-state index contributed by atoms with van der Waals surface area (Å²) in [5.41, 5.74) is 0. The van der Waals surface area contributed by atoms with E-state index in [0.717, 1.165) is 12.0 Å². The quantitative estimate of drug-likeness (QED) is 0.670. The minimum atomic E-state index is -4.36. The molecular weight excluding hydrogens is 215 g/mol. The highest BCUT2D eigenvalue weighted by Gasteiger charge is 2.31. The van der Waals surface area contributed by atoms with E-state index < -0.39 is 25.2 Å². The van der Waals surface area contributed by atoms with Crippen molar-refractivity contribution in [3.8, 4) is 0 Å². The van der Waals surface area contributed by atoms with Crippen LogP contribution in [0.1, 0.15) is 6.42 Å². The van der Waals surface area contributed by atoms with Gasteiger partial charge in [0.05, 0.1) is 20.2 Å². The van der Waals surface area contributed by atoms with Gasteiger partial charge in [-0.15, -0.1) is 0 Å². The Morgan fingerprint density at radius 1 is 1.47 bits per heavy atom. The molecule has 0 rings (SSSR count). The Bertz CT molecular complexity index is 196. The van der Waals surface area contributed by atoms with Crippen molar-refractivity contribution >= 4 is 5.97 Å². The number of nitrogens with zero attached hydrogens (tertiary/aromatic N) is 1. The fourth-order valence-electron chi connectivity index (χ4n) is 1.01. The van der Waals surface area contributed by atoms with Gasteiger partial charge in [0.1, 0.15) is 0 Å². The summed E-state index contributed by atoms with van der Waals surface area (Å²) in [7, 11) is 1.11. The lowest BCUT2D eigenvalue weighted by molar-refractivity contribution is -0.155. The van der Waals surface area contributed by atoms with E-state index in [0.29, 0.717) is 0 Å². The van der Waals surface area contributed by atoms with Gasteiger partial charge in [-0.25, -0.2) is 0 Å². The Morgan fingerprint density at radius 2 is 2.07 bits per heavy atom. The Balaban J connectivity index is 4.12. The smallest absolute Gasteiger partial charge is 0.401 e. The topological polar surface area (TPSA) is 49.8 Å². The number of esters is 1. The zero-order valence-corrected chi connectivity index (χ0v) is 8.38. The Morgan fingerprint density at radius 3 is 2.47 bits per heavy atom. The van der Waals surface area contributed by atoms with Gasteiger partial charge < -0.3 is 9.84 Å². The number of carbonyl (C=O) groups excluding carboxylic acids is 1. The summed E-state index contributed by atoms with van der Waals surface area (Å²) in [4.78, 5) is 11.7.